The minimum absolute atomic E-state index is 0.139. The molecule has 0 bridgehead atoms. The average molecular weight is 288 g/mol. The number of carbonyl (C=O) groups excluding carboxylic acids is 2. The molecule has 4 nitrogen and oxygen atoms in total. The van der Waals surface area contributed by atoms with E-state index < -0.39 is 12.0 Å². The van der Waals surface area contributed by atoms with Crippen molar-refractivity contribution in [3.8, 4) is 0 Å². The maximum atomic E-state index is 11.6. The van der Waals surface area contributed by atoms with E-state index in [1.807, 2.05) is 0 Å². The van der Waals surface area contributed by atoms with Crippen molar-refractivity contribution in [3.63, 3.8) is 0 Å². The SMILES string of the molecule is CC(=O)NC(CS)C(=O)OCc1ccc(Cl)cc1. The van der Waals surface area contributed by atoms with Gasteiger partial charge in [0, 0.05) is 17.7 Å². The van der Waals surface area contributed by atoms with Gasteiger partial charge in [-0.25, -0.2) is 4.79 Å². The number of nitrogens with one attached hydrogen (secondary N) is 1. The van der Waals surface area contributed by atoms with Gasteiger partial charge in [0.1, 0.15) is 12.6 Å². The van der Waals surface area contributed by atoms with Crippen LogP contribution in [0.3, 0.4) is 0 Å². The Kier molecular flexibility index (Phi) is 6.01. The van der Waals surface area contributed by atoms with Gasteiger partial charge in [-0.3, -0.25) is 4.79 Å². The third kappa shape index (κ3) is 4.98. The molecule has 0 heterocycles. The zero-order valence-corrected chi connectivity index (χ0v) is 11.5. The number of carbonyl (C=O) groups is 2. The Bertz CT molecular complexity index is 422. The molecule has 0 aliphatic heterocycles. The first-order chi connectivity index (χ1) is 8.52. The van der Waals surface area contributed by atoms with E-state index in [0.717, 1.165) is 5.56 Å². The van der Waals surface area contributed by atoms with E-state index in [1.54, 1.807) is 24.3 Å². The lowest BCUT2D eigenvalue weighted by Crippen LogP contribution is -2.42. The Labute approximate surface area is 116 Å². The number of esters is 1. The molecule has 0 spiro atoms. The smallest absolute Gasteiger partial charge is 0.329 e. The molecule has 0 aliphatic carbocycles. The van der Waals surface area contributed by atoms with Crippen LogP contribution in [0, 0.1) is 0 Å². The Balaban J connectivity index is 2.49. The van der Waals surface area contributed by atoms with Gasteiger partial charge in [-0.2, -0.15) is 12.6 Å². The minimum Gasteiger partial charge on any atom is -0.459 e. The van der Waals surface area contributed by atoms with Crippen molar-refractivity contribution in [2.75, 3.05) is 5.75 Å². The number of halogens is 1. The van der Waals surface area contributed by atoms with Crippen LogP contribution in [-0.2, 0) is 20.9 Å². The number of thiol groups is 1. The van der Waals surface area contributed by atoms with Crippen LogP contribution in [0.5, 0.6) is 0 Å². The predicted octanol–water partition coefficient (Wildman–Crippen LogP) is 1.82. The second-order valence-electron chi connectivity index (χ2n) is 3.67. The summed E-state index contributed by atoms with van der Waals surface area (Å²) in [6.07, 6.45) is 0. The summed E-state index contributed by atoms with van der Waals surface area (Å²) in [7, 11) is 0. The van der Waals surface area contributed by atoms with Gasteiger partial charge in [-0.15, -0.1) is 0 Å². The highest BCUT2D eigenvalue weighted by molar-refractivity contribution is 7.80. The van der Waals surface area contributed by atoms with Gasteiger partial charge in [0.2, 0.25) is 5.91 Å². The number of hydrogen-bond donors (Lipinski definition) is 2. The molecule has 6 heteroatoms. The van der Waals surface area contributed by atoms with Gasteiger partial charge < -0.3 is 10.1 Å². The second-order valence-corrected chi connectivity index (χ2v) is 4.47. The topological polar surface area (TPSA) is 55.4 Å². The third-order valence-electron chi connectivity index (χ3n) is 2.14. The number of amides is 1. The molecule has 0 aliphatic rings. The zero-order chi connectivity index (χ0) is 13.5. The Morgan fingerprint density at radius 1 is 1.39 bits per heavy atom. The van der Waals surface area contributed by atoms with Crippen LogP contribution >= 0.6 is 24.2 Å². The van der Waals surface area contributed by atoms with Gasteiger partial charge in [0.15, 0.2) is 0 Å². The molecule has 18 heavy (non-hydrogen) atoms. The van der Waals surface area contributed by atoms with Gasteiger partial charge in [-0.05, 0) is 17.7 Å². The van der Waals surface area contributed by atoms with Crippen LogP contribution in [0.2, 0.25) is 5.02 Å². The molecule has 1 amide bonds. The predicted molar refractivity (Wildman–Crippen MR) is 72.7 cm³/mol. The standard InChI is InChI=1S/C12H14ClNO3S/c1-8(15)14-11(7-18)12(16)17-6-9-2-4-10(13)5-3-9/h2-5,11,18H,6-7H2,1H3,(H,14,15). The fourth-order valence-corrected chi connectivity index (χ4v) is 1.63. The first-order valence-corrected chi connectivity index (χ1v) is 6.33. The Morgan fingerprint density at radius 2 is 2.00 bits per heavy atom. The molecule has 0 aromatic heterocycles. The lowest BCUT2D eigenvalue weighted by Gasteiger charge is -2.14. The molecular formula is C12H14ClNO3S. The van der Waals surface area contributed by atoms with Gasteiger partial charge in [-0.1, -0.05) is 23.7 Å². The fraction of sp³-hybridized carbons (Fsp3) is 0.333. The molecule has 0 saturated heterocycles. The quantitative estimate of drug-likeness (QED) is 0.642. The third-order valence-corrected chi connectivity index (χ3v) is 2.76. The van der Waals surface area contributed by atoms with Crippen LogP contribution < -0.4 is 5.32 Å². The van der Waals surface area contributed by atoms with E-state index >= 15 is 0 Å². The molecule has 1 N–H and O–H groups in total. The maximum Gasteiger partial charge on any atom is 0.329 e. The van der Waals surface area contributed by atoms with Crippen molar-refractivity contribution in [2.45, 2.75) is 19.6 Å². The summed E-state index contributed by atoms with van der Waals surface area (Å²) in [6, 6.07) is 6.25. The van der Waals surface area contributed by atoms with E-state index in [0.29, 0.717) is 5.02 Å². The van der Waals surface area contributed by atoms with Crippen LogP contribution in [0.1, 0.15) is 12.5 Å². The van der Waals surface area contributed by atoms with Gasteiger partial charge >= 0.3 is 5.97 Å². The van der Waals surface area contributed by atoms with Crippen LogP contribution in [0.15, 0.2) is 24.3 Å². The summed E-state index contributed by atoms with van der Waals surface area (Å²) in [5, 5.41) is 3.09. The monoisotopic (exact) mass is 287 g/mol. The van der Waals surface area contributed by atoms with E-state index in [9.17, 15) is 9.59 Å². The molecule has 1 atom stereocenters. The molecule has 1 rings (SSSR count). The first kappa shape index (κ1) is 14.9. The van der Waals surface area contributed by atoms with E-state index in [1.165, 1.54) is 6.92 Å². The van der Waals surface area contributed by atoms with Crippen molar-refractivity contribution < 1.29 is 14.3 Å². The molecule has 0 fully saturated rings. The average Bonchev–Trinajstić information content (AvgIpc) is 2.34. The van der Waals surface area contributed by atoms with Crippen molar-refractivity contribution >= 4 is 36.1 Å². The molecular weight excluding hydrogens is 274 g/mol. The molecule has 1 aromatic rings. The molecule has 1 unspecified atom stereocenters. The fourth-order valence-electron chi connectivity index (χ4n) is 1.26. The Hall–Kier alpha value is -1.20. The van der Waals surface area contributed by atoms with Gasteiger partial charge in [0.05, 0.1) is 0 Å². The second kappa shape index (κ2) is 7.28. The van der Waals surface area contributed by atoms with Crippen molar-refractivity contribution in [3.05, 3.63) is 34.9 Å². The number of ether oxygens (including phenoxy) is 1. The lowest BCUT2D eigenvalue weighted by molar-refractivity contribution is -0.148. The zero-order valence-electron chi connectivity index (χ0n) is 9.85. The number of hydrogen-bond acceptors (Lipinski definition) is 4. The number of benzene rings is 1. The largest absolute Gasteiger partial charge is 0.459 e. The van der Waals surface area contributed by atoms with E-state index in [2.05, 4.69) is 17.9 Å². The summed E-state index contributed by atoms with van der Waals surface area (Å²) in [4.78, 5) is 22.5. The number of rotatable bonds is 5. The summed E-state index contributed by atoms with van der Waals surface area (Å²) < 4.78 is 5.08. The molecule has 1 aromatic carbocycles. The molecule has 98 valence electrons. The molecule has 0 saturated carbocycles. The van der Waals surface area contributed by atoms with Gasteiger partial charge in [0.25, 0.3) is 0 Å². The summed E-state index contributed by atoms with van der Waals surface area (Å²) in [5.41, 5.74) is 0.827. The van der Waals surface area contributed by atoms with Crippen LogP contribution in [0.4, 0.5) is 0 Å². The summed E-state index contributed by atoms with van der Waals surface area (Å²) in [5.74, 6) is -0.605. The lowest BCUT2D eigenvalue weighted by atomic mass is 10.2. The van der Waals surface area contributed by atoms with Crippen molar-refractivity contribution in [1.29, 1.82) is 0 Å². The maximum absolute atomic E-state index is 11.6. The first-order valence-electron chi connectivity index (χ1n) is 5.32. The minimum atomic E-state index is -0.724. The normalized spacial score (nSPS) is 11.7. The summed E-state index contributed by atoms with van der Waals surface area (Å²) in [6.45, 7) is 1.47. The summed E-state index contributed by atoms with van der Waals surface area (Å²) >= 11 is 9.73. The molecule has 0 radical (unpaired) electrons. The van der Waals surface area contributed by atoms with Crippen molar-refractivity contribution in [1.82, 2.24) is 5.32 Å². The van der Waals surface area contributed by atoms with E-state index in [-0.39, 0.29) is 18.3 Å². The van der Waals surface area contributed by atoms with Crippen LogP contribution in [0.25, 0.3) is 0 Å². The van der Waals surface area contributed by atoms with Crippen molar-refractivity contribution in [2.24, 2.45) is 0 Å². The Morgan fingerprint density at radius 3 is 2.50 bits per heavy atom. The van der Waals surface area contributed by atoms with E-state index in [4.69, 9.17) is 16.3 Å². The highest BCUT2D eigenvalue weighted by Crippen LogP contribution is 2.10. The highest BCUT2D eigenvalue weighted by atomic mass is 35.5. The highest BCUT2D eigenvalue weighted by Gasteiger charge is 2.19. The van der Waals surface area contributed by atoms with Crippen LogP contribution in [-0.4, -0.2) is 23.7 Å².